The van der Waals surface area contributed by atoms with Crippen LogP contribution in [0.4, 0.5) is 5.69 Å². The molecule has 1 aromatic carbocycles. The average Bonchev–Trinajstić information content (AvgIpc) is 2.15. The Morgan fingerprint density at radius 3 is 2.56 bits per heavy atom. The van der Waals surface area contributed by atoms with Gasteiger partial charge in [0.15, 0.2) is 0 Å². The van der Waals surface area contributed by atoms with Crippen molar-refractivity contribution in [3.8, 4) is 0 Å². The van der Waals surface area contributed by atoms with Crippen molar-refractivity contribution in [3.63, 3.8) is 0 Å². The third-order valence-electron chi connectivity index (χ3n) is 2.12. The van der Waals surface area contributed by atoms with Crippen LogP contribution >= 0.6 is 0 Å². The summed E-state index contributed by atoms with van der Waals surface area (Å²) in [7, 11) is -3.34. The van der Waals surface area contributed by atoms with E-state index in [9.17, 15) is 8.42 Å². The van der Waals surface area contributed by atoms with E-state index in [4.69, 9.17) is 10.8 Å². The Hall–Kier alpha value is -1.11. The van der Waals surface area contributed by atoms with Gasteiger partial charge in [0.1, 0.15) is 0 Å². The Morgan fingerprint density at radius 1 is 1.50 bits per heavy atom. The largest absolute Gasteiger partial charge is 0.392 e. The summed E-state index contributed by atoms with van der Waals surface area (Å²) >= 11 is 0. The number of anilines is 1. The van der Waals surface area contributed by atoms with E-state index in [1.165, 1.54) is 0 Å². The molecule has 0 bridgehead atoms. The van der Waals surface area contributed by atoms with Crippen molar-refractivity contribution in [1.29, 1.82) is 0 Å². The molecule has 0 amide bonds. The van der Waals surface area contributed by atoms with Gasteiger partial charge < -0.3 is 10.8 Å². The third-order valence-corrected chi connectivity index (χ3v) is 2.71. The molecule has 0 aromatic heterocycles. The van der Waals surface area contributed by atoms with E-state index >= 15 is 0 Å². The van der Waals surface area contributed by atoms with Crippen LogP contribution in [0.3, 0.4) is 0 Å². The number of hydrogen-bond donors (Lipinski definition) is 3. The van der Waals surface area contributed by atoms with E-state index in [-0.39, 0.29) is 12.6 Å². The lowest BCUT2D eigenvalue weighted by Gasteiger charge is -2.12. The quantitative estimate of drug-likeness (QED) is 0.722. The molecule has 1 unspecified atom stereocenters. The second-order valence-corrected chi connectivity index (χ2v) is 5.49. The topological polar surface area (TPSA) is 92.4 Å². The SMILES string of the molecule is CC(N)c1ccc(NS(C)(=O)=O)c(CO)c1. The van der Waals surface area contributed by atoms with Crippen molar-refractivity contribution in [2.75, 3.05) is 11.0 Å². The highest BCUT2D eigenvalue weighted by Crippen LogP contribution is 2.21. The van der Waals surface area contributed by atoms with Crippen LogP contribution in [0, 0.1) is 0 Å². The molecule has 4 N–H and O–H groups in total. The number of hydrogen-bond acceptors (Lipinski definition) is 4. The van der Waals surface area contributed by atoms with Crippen LogP contribution in [0.25, 0.3) is 0 Å². The number of nitrogens with two attached hydrogens (primary N) is 1. The van der Waals surface area contributed by atoms with Gasteiger partial charge in [0.25, 0.3) is 0 Å². The summed E-state index contributed by atoms with van der Waals surface area (Å²) in [5.74, 6) is 0. The molecule has 6 heteroatoms. The molecule has 0 saturated heterocycles. The highest BCUT2D eigenvalue weighted by Gasteiger charge is 2.09. The molecular weight excluding hydrogens is 228 g/mol. The highest BCUT2D eigenvalue weighted by atomic mass is 32.2. The van der Waals surface area contributed by atoms with Gasteiger partial charge in [-0.25, -0.2) is 8.42 Å². The van der Waals surface area contributed by atoms with Crippen molar-refractivity contribution in [3.05, 3.63) is 29.3 Å². The Bertz CT molecular complexity index is 469. The maximum absolute atomic E-state index is 11.1. The number of aliphatic hydroxyl groups excluding tert-OH is 1. The molecule has 0 spiro atoms. The first-order chi connectivity index (χ1) is 7.33. The number of rotatable bonds is 4. The molecule has 90 valence electrons. The summed E-state index contributed by atoms with van der Waals surface area (Å²) in [5, 5.41) is 9.15. The first-order valence-corrected chi connectivity index (χ1v) is 6.69. The first-order valence-electron chi connectivity index (χ1n) is 4.80. The Labute approximate surface area is 95.3 Å². The second-order valence-electron chi connectivity index (χ2n) is 3.74. The molecule has 0 saturated carbocycles. The predicted molar refractivity (Wildman–Crippen MR) is 63.4 cm³/mol. The zero-order chi connectivity index (χ0) is 12.3. The molecule has 0 aliphatic carbocycles. The van der Waals surface area contributed by atoms with Crippen molar-refractivity contribution in [2.45, 2.75) is 19.6 Å². The van der Waals surface area contributed by atoms with Crippen molar-refractivity contribution < 1.29 is 13.5 Å². The van der Waals surface area contributed by atoms with Crippen LogP contribution in [0.2, 0.25) is 0 Å². The van der Waals surface area contributed by atoms with E-state index < -0.39 is 10.0 Å². The van der Waals surface area contributed by atoms with Gasteiger partial charge in [-0.2, -0.15) is 0 Å². The van der Waals surface area contributed by atoms with Gasteiger partial charge in [0.2, 0.25) is 10.0 Å². The molecule has 0 heterocycles. The lowest BCUT2D eigenvalue weighted by atomic mass is 10.0. The van der Waals surface area contributed by atoms with Crippen LogP contribution in [0.5, 0.6) is 0 Å². The van der Waals surface area contributed by atoms with E-state index in [1.807, 2.05) is 6.92 Å². The van der Waals surface area contributed by atoms with E-state index in [2.05, 4.69) is 4.72 Å². The van der Waals surface area contributed by atoms with Gasteiger partial charge in [-0.15, -0.1) is 0 Å². The Morgan fingerprint density at radius 2 is 2.12 bits per heavy atom. The van der Waals surface area contributed by atoms with Crippen LogP contribution in [-0.2, 0) is 16.6 Å². The van der Waals surface area contributed by atoms with Crippen molar-refractivity contribution >= 4 is 15.7 Å². The van der Waals surface area contributed by atoms with Gasteiger partial charge in [-0.05, 0) is 24.6 Å². The smallest absolute Gasteiger partial charge is 0.229 e. The number of sulfonamides is 1. The van der Waals surface area contributed by atoms with Gasteiger partial charge in [-0.1, -0.05) is 6.07 Å². The Kier molecular flexibility index (Phi) is 3.90. The molecule has 0 aliphatic rings. The monoisotopic (exact) mass is 244 g/mol. The number of aliphatic hydroxyl groups is 1. The minimum absolute atomic E-state index is 0.155. The van der Waals surface area contributed by atoms with Crippen molar-refractivity contribution in [2.24, 2.45) is 5.73 Å². The standard InChI is InChI=1S/C10H16N2O3S/c1-7(11)8-3-4-10(9(5-8)6-13)12-16(2,14)15/h3-5,7,12-13H,6,11H2,1-2H3. The summed E-state index contributed by atoms with van der Waals surface area (Å²) in [6.45, 7) is 1.58. The minimum Gasteiger partial charge on any atom is -0.392 e. The zero-order valence-electron chi connectivity index (χ0n) is 9.27. The lowest BCUT2D eigenvalue weighted by molar-refractivity contribution is 0.282. The van der Waals surface area contributed by atoms with Gasteiger partial charge in [-0.3, -0.25) is 4.72 Å². The fraction of sp³-hybridized carbons (Fsp3) is 0.400. The molecule has 0 fully saturated rings. The summed E-state index contributed by atoms with van der Waals surface area (Å²) in [5.41, 5.74) is 7.44. The van der Waals surface area contributed by atoms with Crippen LogP contribution in [0.15, 0.2) is 18.2 Å². The fourth-order valence-corrected chi connectivity index (χ4v) is 1.93. The molecule has 1 atom stereocenters. The molecular formula is C10H16N2O3S. The second kappa shape index (κ2) is 4.82. The predicted octanol–water partition coefficient (Wildman–Crippen LogP) is 0.570. The molecule has 5 nitrogen and oxygen atoms in total. The lowest BCUT2D eigenvalue weighted by Crippen LogP contribution is -2.12. The van der Waals surface area contributed by atoms with Gasteiger partial charge in [0.05, 0.1) is 18.6 Å². The normalized spacial score (nSPS) is 13.5. The molecule has 0 radical (unpaired) electrons. The van der Waals surface area contributed by atoms with Crippen LogP contribution in [0.1, 0.15) is 24.1 Å². The molecule has 1 rings (SSSR count). The maximum atomic E-state index is 11.1. The Balaban J connectivity index is 3.12. The molecule has 0 aliphatic heterocycles. The minimum atomic E-state index is -3.34. The first kappa shape index (κ1) is 13.0. The number of nitrogens with one attached hydrogen (secondary N) is 1. The van der Waals surface area contributed by atoms with E-state index in [0.29, 0.717) is 11.3 Å². The van der Waals surface area contributed by atoms with E-state index in [0.717, 1.165) is 11.8 Å². The highest BCUT2D eigenvalue weighted by molar-refractivity contribution is 7.92. The number of benzene rings is 1. The third kappa shape index (κ3) is 3.48. The van der Waals surface area contributed by atoms with Crippen LogP contribution in [-0.4, -0.2) is 19.8 Å². The maximum Gasteiger partial charge on any atom is 0.229 e. The average molecular weight is 244 g/mol. The fourth-order valence-electron chi connectivity index (χ4n) is 1.33. The summed E-state index contributed by atoms with van der Waals surface area (Å²) in [4.78, 5) is 0. The van der Waals surface area contributed by atoms with Gasteiger partial charge >= 0.3 is 0 Å². The summed E-state index contributed by atoms with van der Waals surface area (Å²) in [6.07, 6.45) is 1.06. The molecule has 16 heavy (non-hydrogen) atoms. The van der Waals surface area contributed by atoms with Gasteiger partial charge in [0, 0.05) is 11.6 Å². The molecule has 1 aromatic rings. The zero-order valence-corrected chi connectivity index (χ0v) is 10.1. The van der Waals surface area contributed by atoms with Crippen LogP contribution < -0.4 is 10.5 Å². The summed E-state index contributed by atoms with van der Waals surface area (Å²) in [6, 6.07) is 4.87. The van der Waals surface area contributed by atoms with E-state index in [1.54, 1.807) is 18.2 Å². The summed E-state index contributed by atoms with van der Waals surface area (Å²) < 4.78 is 24.5. The van der Waals surface area contributed by atoms with Crippen molar-refractivity contribution in [1.82, 2.24) is 0 Å².